The molecule has 0 bridgehead atoms. The lowest BCUT2D eigenvalue weighted by Gasteiger charge is -2.21. The number of carboxylic acids is 1. The Morgan fingerprint density at radius 3 is 2.15 bits per heavy atom. The predicted octanol–water partition coefficient (Wildman–Crippen LogP) is -1.43. The number of carbonyl (C=O) groups excluding carboxylic acids is 6. The van der Waals surface area contributed by atoms with Crippen molar-refractivity contribution in [2.45, 2.75) is 51.4 Å². The number of thioether (sulfide) groups is 1. The average molecular weight is 496 g/mol. The molecule has 0 aliphatic rings. The van der Waals surface area contributed by atoms with Crippen LogP contribution in [0, 0.1) is 0 Å². The second-order valence-electron chi connectivity index (χ2n) is 7.19. The zero-order chi connectivity index (χ0) is 25.7. The molecule has 13 heteroatoms. The number of ether oxygens (including phenoxy) is 1. The number of nitrogens with two attached hydrogens (primary N) is 1. The van der Waals surface area contributed by atoms with Gasteiger partial charge in [0.25, 0.3) is 0 Å². The third-order valence-electron chi connectivity index (χ3n) is 4.34. The lowest BCUT2D eigenvalue weighted by Crippen LogP contribution is -2.54. The van der Waals surface area contributed by atoms with Crippen molar-refractivity contribution in [2.75, 3.05) is 5.75 Å². The Hall–Kier alpha value is -3.61. The first kappa shape index (κ1) is 28.4. The number of hydrogen-bond acceptors (Lipinski definition) is 9. The van der Waals surface area contributed by atoms with E-state index >= 15 is 0 Å². The van der Waals surface area contributed by atoms with Gasteiger partial charge < -0.3 is 36.3 Å². The fourth-order valence-corrected chi connectivity index (χ4v) is 3.01. The highest BCUT2D eigenvalue weighted by atomic mass is 32.2. The van der Waals surface area contributed by atoms with Crippen LogP contribution in [-0.2, 0) is 35.3 Å². The molecule has 0 fully saturated rings. The molecule has 0 saturated heterocycles. The molecule has 0 spiro atoms. The average Bonchev–Trinajstić information content (AvgIpc) is 2.79. The Morgan fingerprint density at radius 2 is 1.56 bits per heavy atom. The van der Waals surface area contributed by atoms with Crippen molar-refractivity contribution in [1.29, 1.82) is 0 Å². The molecule has 1 aromatic carbocycles. The van der Waals surface area contributed by atoms with Gasteiger partial charge in [-0.15, -0.1) is 0 Å². The number of carbonyl (C=O) groups is 6. The van der Waals surface area contributed by atoms with E-state index in [-0.39, 0.29) is 19.4 Å². The van der Waals surface area contributed by atoms with E-state index in [1.54, 1.807) is 24.3 Å². The van der Waals surface area contributed by atoms with Gasteiger partial charge in [-0.25, -0.2) is 4.79 Å². The van der Waals surface area contributed by atoms with Crippen LogP contribution in [-0.4, -0.2) is 58.8 Å². The zero-order valence-electron chi connectivity index (χ0n) is 18.7. The maximum Gasteiger partial charge on any atom is 0.408 e. The Kier molecular flexibility index (Phi) is 12.1. The van der Waals surface area contributed by atoms with E-state index in [4.69, 9.17) is 10.5 Å². The number of carboxylic acid groups (broad SMARTS) is 1. The third-order valence-corrected chi connectivity index (χ3v) is 5.25. The van der Waals surface area contributed by atoms with Crippen molar-refractivity contribution >= 4 is 46.7 Å². The Morgan fingerprint density at radius 1 is 0.971 bits per heavy atom. The van der Waals surface area contributed by atoms with Gasteiger partial charge in [-0.1, -0.05) is 42.1 Å². The number of aliphatic carboxylic acids is 1. The van der Waals surface area contributed by atoms with Crippen LogP contribution in [0.5, 0.6) is 0 Å². The highest BCUT2D eigenvalue weighted by Crippen LogP contribution is 2.09. The highest BCUT2D eigenvalue weighted by molar-refractivity contribution is 8.14. The molecule has 4 amide bonds. The molecule has 1 unspecified atom stereocenters. The molecule has 3 atom stereocenters. The summed E-state index contributed by atoms with van der Waals surface area (Å²) in [6.45, 7) is 2.76. The molecular formula is C21H27N4O8S-. The van der Waals surface area contributed by atoms with Crippen molar-refractivity contribution in [3.8, 4) is 0 Å². The van der Waals surface area contributed by atoms with Crippen LogP contribution >= 0.6 is 11.8 Å². The van der Waals surface area contributed by atoms with Gasteiger partial charge in [0.2, 0.25) is 17.7 Å². The largest absolute Gasteiger partial charge is 0.549 e. The van der Waals surface area contributed by atoms with Gasteiger partial charge in [0.1, 0.15) is 24.7 Å². The number of nitrogens with one attached hydrogen (secondary N) is 3. The molecule has 0 aliphatic carbocycles. The smallest absolute Gasteiger partial charge is 0.408 e. The second kappa shape index (κ2) is 14.5. The number of benzene rings is 1. The number of rotatable bonds is 13. The van der Waals surface area contributed by atoms with Gasteiger partial charge in [-0.3, -0.25) is 19.2 Å². The van der Waals surface area contributed by atoms with Crippen LogP contribution in [0.15, 0.2) is 30.3 Å². The summed E-state index contributed by atoms with van der Waals surface area (Å²) in [4.78, 5) is 70.1. The first-order chi connectivity index (χ1) is 16.0. The summed E-state index contributed by atoms with van der Waals surface area (Å²) in [7, 11) is 0. The molecule has 0 saturated carbocycles. The SMILES string of the molecule is C[C@H](NC(=O)OCc1ccccc1)C(=O)N[C@@H](C)C(=O)NC(CCC(=O)SCC(=O)[O-])C(N)=O. The van der Waals surface area contributed by atoms with Gasteiger partial charge in [0.15, 0.2) is 5.12 Å². The van der Waals surface area contributed by atoms with Crippen molar-refractivity contribution in [3.05, 3.63) is 35.9 Å². The Labute approximate surface area is 200 Å². The fourth-order valence-electron chi connectivity index (χ4n) is 2.47. The minimum Gasteiger partial charge on any atom is -0.549 e. The number of amides is 4. The van der Waals surface area contributed by atoms with Gasteiger partial charge >= 0.3 is 6.09 Å². The molecule has 0 radical (unpaired) electrons. The van der Waals surface area contributed by atoms with E-state index in [0.717, 1.165) is 5.56 Å². The van der Waals surface area contributed by atoms with E-state index in [0.29, 0.717) is 11.8 Å². The first-order valence-electron chi connectivity index (χ1n) is 10.2. The van der Waals surface area contributed by atoms with E-state index in [1.807, 2.05) is 6.07 Å². The molecular weight excluding hydrogens is 468 g/mol. The molecule has 1 aromatic rings. The lowest BCUT2D eigenvalue weighted by molar-refractivity contribution is -0.301. The van der Waals surface area contributed by atoms with Crippen LogP contribution in [0.2, 0.25) is 0 Å². The maximum atomic E-state index is 12.3. The first-order valence-corrected chi connectivity index (χ1v) is 11.2. The summed E-state index contributed by atoms with van der Waals surface area (Å²) in [6.07, 6.45) is -1.18. The molecule has 0 aliphatic heterocycles. The number of hydrogen-bond donors (Lipinski definition) is 4. The topological polar surface area (TPSA) is 197 Å². The second-order valence-corrected chi connectivity index (χ2v) is 8.23. The summed E-state index contributed by atoms with van der Waals surface area (Å²) in [5.74, 6) is -4.26. The van der Waals surface area contributed by atoms with Crippen LogP contribution in [0.4, 0.5) is 4.79 Å². The Balaban J connectivity index is 2.46. The minimum absolute atomic E-state index is 0.0164. The molecule has 12 nitrogen and oxygen atoms in total. The van der Waals surface area contributed by atoms with E-state index in [9.17, 15) is 33.9 Å². The fraction of sp³-hybridized carbons (Fsp3) is 0.429. The van der Waals surface area contributed by atoms with Crippen molar-refractivity contribution in [2.24, 2.45) is 5.73 Å². The molecule has 186 valence electrons. The summed E-state index contributed by atoms with van der Waals surface area (Å²) in [5.41, 5.74) is 6.01. The van der Waals surface area contributed by atoms with Gasteiger partial charge in [0, 0.05) is 12.2 Å². The summed E-state index contributed by atoms with van der Waals surface area (Å²) in [6, 6.07) is 5.61. The van der Waals surface area contributed by atoms with Crippen molar-refractivity contribution < 1.29 is 38.6 Å². The Bertz CT molecular complexity index is 896. The summed E-state index contributed by atoms with van der Waals surface area (Å²) >= 11 is 0.514. The monoisotopic (exact) mass is 495 g/mol. The predicted molar refractivity (Wildman–Crippen MR) is 120 cm³/mol. The maximum absolute atomic E-state index is 12.3. The van der Waals surface area contributed by atoms with Gasteiger partial charge in [-0.05, 0) is 25.8 Å². The highest BCUT2D eigenvalue weighted by Gasteiger charge is 2.25. The van der Waals surface area contributed by atoms with Crippen LogP contribution in [0.3, 0.4) is 0 Å². The number of primary amides is 1. The molecule has 0 aromatic heterocycles. The normalized spacial score (nSPS) is 13.0. The zero-order valence-corrected chi connectivity index (χ0v) is 19.5. The molecule has 1 rings (SSSR count). The minimum atomic E-state index is -1.41. The molecule has 5 N–H and O–H groups in total. The standard InChI is InChI=1S/C21H28N4O8S/c1-12(20(31)25-15(18(22)29)8-9-17(28)34-11-16(26)27)23-19(30)13(2)24-21(32)33-10-14-6-4-3-5-7-14/h3-7,12-13,15H,8-11H2,1-2H3,(H2,22,29)(H,23,30)(H,24,32)(H,25,31)(H,26,27)/p-1/t12-,13-,15?/m0/s1. The quantitative estimate of drug-likeness (QED) is 0.253. The van der Waals surface area contributed by atoms with Crippen molar-refractivity contribution in [1.82, 2.24) is 16.0 Å². The third kappa shape index (κ3) is 11.3. The van der Waals surface area contributed by atoms with Crippen molar-refractivity contribution in [3.63, 3.8) is 0 Å². The van der Waals surface area contributed by atoms with E-state index in [2.05, 4.69) is 16.0 Å². The summed E-state index contributed by atoms with van der Waals surface area (Å²) in [5, 5.41) is 16.9. The van der Waals surface area contributed by atoms with E-state index < -0.39 is 58.8 Å². The molecule has 34 heavy (non-hydrogen) atoms. The van der Waals surface area contributed by atoms with Crippen LogP contribution in [0.25, 0.3) is 0 Å². The summed E-state index contributed by atoms with van der Waals surface area (Å²) < 4.78 is 5.03. The van der Waals surface area contributed by atoms with Gasteiger partial charge in [-0.2, -0.15) is 0 Å². The van der Waals surface area contributed by atoms with E-state index in [1.165, 1.54) is 13.8 Å². The molecule has 0 heterocycles. The number of alkyl carbamates (subject to hydrolysis) is 1. The van der Waals surface area contributed by atoms with Crippen LogP contribution < -0.4 is 26.8 Å². The lowest BCUT2D eigenvalue weighted by atomic mass is 10.1. The van der Waals surface area contributed by atoms with Crippen LogP contribution in [0.1, 0.15) is 32.3 Å². The van der Waals surface area contributed by atoms with Gasteiger partial charge in [0.05, 0.1) is 5.97 Å².